The molecule has 0 radical (unpaired) electrons. The van der Waals surface area contributed by atoms with Gasteiger partial charge in [0.15, 0.2) is 6.29 Å². The van der Waals surface area contributed by atoms with Crippen molar-refractivity contribution in [2.45, 2.75) is 97.6 Å². The predicted molar refractivity (Wildman–Crippen MR) is 179 cm³/mol. The molecular weight excluding hydrogens is 610 g/mol. The summed E-state index contributed by atoms with van der Waals surface area (Å²) in [5.41, 5.74) is 1.35. The van der Waals surface area contributed by atoms with Gasteiger partial charge in [0.05, 0.1) is 29.2 Å². The molecule has 0 aromatic heterocycles. The molecule has 0 bridgehead atoms. The number of imide groups is 1. The third-order valence-corrected chi connectivity index (χ3v) is 7.63. The monoisotopic (exact) mass is 657 g/mol. The Morgan fingerprint density at radius 2 is 1.54 bits per heavy atom. The lowest BCUT2D eigenvalue weighted by atomic mass is 10.1. The van der Waals surface area contributed by atoms with Crippen molar-refractivity contribution in [3.8, 4) is 0 Å². The first-order valence-corrected chi connectivity index (χ1v) is 16.6. The Labute approximate surface area is 277 Å². The van der Waals surface area contributed by atoms with E-state index in [1.54, 1.807) is 52.5 Å². The number of amides is 3. The molecule has 10 nitrogen and oxygen atoms in total. The number of benzene rings is 2. The molecule has 0 aliphatic carbocycles. The average Bonchev–Trinajstić information content (AvgIpc) is 3.06. The van der Waals surface area contributed by atoms with Crippen LogP contribution in [0.5, 0.6) is 0 Å². The lowest BCUT2D eigenvalue weighted by Gasteiger charge is -2.29. The molecule has 2 aliphatic rings. The summed E-state index contributed by atoms with van der Waals surface area (Å²) in [7, 11) is 0. The third-order valence-electron chi connectivity index (χ3n) is 7.40. The number of para-hydroxylation sites is 1. The highest BCUT2D eigenvalue weighted by molar-refractivity contribution is 6.31. The number of hydrogen-bond acceptors (Lipinski definition) is 8. The van der Waals surface area contributed by atoms with Crippen LogP contribution in [0.2, 0.25) is 5.02 Å². The molecule has 4 rings (SSSR count). The van der Waals surface area contributed by atoms with Crippen molar-refractivity contribution >= 4 is 46.8 Å². The zero-order chi connectivity index (χ0) is 33.5. The Balaban J connectivity index is 1.51. The van der Waals surface area contributed by atoms with Gasteiger partial charge >= 0.3 is 12.2 Å². The lowest BCUT2D eigenvalue weighted by Crippen LogP contribution is -2.44. The van der Waals surface area contributed by atoms with E-state index < -0.39 is 23.4 Å². The van der Waals surface area contributed by atoms with Gasteiger partial charge in [-0.2, -0.15) is 0 Å². The first-order chi connectivity index (χ1) is 21.7. The van der Waals surface area contributed by atoms with Crippen LogP contribution in [0.1, 0.15) is 90.4 Å². The van der Waals surface area contributed by atoms with Gasteiger partial charge in [-0.25, -0.2) is 14.5 Å². The van der Waals surface area contributed by atoms with Crippen LogP contribution in [0, 0.1) is 0 Å². The van der Waals surface area contributed by atoms with Gasteiger partial charge in [0.2, 0.25) is 0 Å². The van der Waals surface area contributed by atoms with Crippen molar-refractivity contribution in [2.75, 3.05) is 42.6 Å². The van der Waals surface area contributed by atoms with E-state index in [0.29, 0.717) is 49.5 Å². The number of halogens is 1. The van der Waals surface area contributed by atoms with Crippen molar-refractivity contribution in [3.05, 3.63) is 53.1 Å². The van der Waals surface area contributed by atoms with Crippen molar-refractivity contribution in [1.82, 2.24) is 4.90 Å². The van der Waals surface area contributed by atoms with Gasteiger partial charge in [0, 0.05) is 31.3 Å². The Kier molecular flexibility index (Phi) is 12.0. The summed E-state index contributed by atoms with van der Waals surface area (Å²) in [4.78, 5) is 44.9. The molecule has 0 N–H and O–H groups in total. The maximum atomic E-state index is 14.0. The summed E-state index contributed by atoms with van der Waals surface area (Å²) in [5, 5.41) is 0.550. The molecule has 1 unspecified atom stereocenters. The average molecular weight is 658 g/mol. The molecule has 1 atom stereocenters. The van der Waals surface area contributed by atoms with Gasteiger partial charge in [-0.15, -0.1) is 0 Å². The number of ether oxygens (including phenoxy) is 4. The maximum absolute atomic E-state index is 14.0. The number of hydrogen-bond donors (Lipinski definition) is 0. The van der Waals surface area contributed by atoms with Gasteiger partial charge in [0.1, 0.15) is 11.2 Å². The second kappa shape index (κ2) is 15.5. The molecule has 252 valence electrons. The summed E-state index contributed by atoms with van der Waals surface area (Å²) >= 11 is 6.52. The minimum Gasteiger partial charge on any atom is -0.443 e. The van der Waals surface area contributed by atoms with Crippen LogP contribution in [0.15, 0.2) is 42.5 Å². The number of rotatable bonds is 10. The van der Waals surface area contributed by atoms with E-state index in [1.807, 2.05) is 36.4 Å². The Morgan fingerprint density at radius 1 is 0.870 bits per heavy atom. The number of anilines is 3. The van der Waals surface area contributed by atoms with Gasteiger partial charge in [0.25, 0.3) is 5.91 Å². The summed E-state index contributed by atoms with van der Waals surface area (Å²) in [6.07, 6.45) is 3.06. The zero-order valence-corrected chi connectivity index (χ0v) is 28.7. The first kappa shape index (κ1) is 35.5. The summed E-state index contributed by atoms with van der Waals surface area (Å²) < 4.78 is 22.7. The van der Waals surface area contributed by atoms with E-state index in [-0.39, 0.29) is 18.7 Å². The fraction of sp³-hybridized carbons (Fsp3) is 0.571. The SMILES string of the molecule is CC(C)(C)OC(=O)N(CCCCN1c2ccccc2C(=O)N(CCCOC2CCCCO2)c2ccc(Cl)cc21)C(=O)OC(C)(C)C. The maximum Gasteiger partial charge on any atom is 0.419 e. The summed E-state index contributed by atoms with van der Waals surface area (Å²) in [5.74, 6) is -0.100. The number of carbonyl (C=O) groups is 3. The predicted octanol–water partition coefficient (Wildman–Crippen LogP) is 8.32. The molecule has 2 aromatic rings. The largest absolute Gasteiger partial charge is 0.443 e. The summed E-state index contributed by atoms with van der Waals surface area (Å²) in [6, 6.07) is 13.1. The fourth-order valence-electron chi connectivity index (χ4n) is 5.39. The lowest BCUT2D eigenvalue weighted by molar-refractivity contribution is -0.162. The van der Waals surface area contributed by atoms with Crippen LogP contribution >= 0.6 is 11.6 Å². The number of fused-ring (bicyclic) bond motifs is 2. The van der Waals surface area contributed by atoms with Crippen molar-refractivity contribution < 1.29 is 33.3 Å². The second-order valence-electron chi connectivity index (χ2n) is 13.6. The first-order valence-electron chi connectivity index (χ1n) is 16.2. The quantitative estimate of drug-likeness (QED) is 0.235. The Bertz CT molecular complexity index is 1340. The zero-order valence-electron chi connectivity index (χ0n) is 28.0. The van der Waals surface area contributed by atoms with Crippen LogP contribution < -0.4 is 9.80 Å². The standard InChI is InChI=1S/C35H48ClN3O7/c1-34(2,3)45-32(41)39(33(42)46-35(4,5)6)20-11-10-19-37-27-15-8-7-14-26(27)31(40)38(28-18-17-25(36)24-29(28)37)21-13-23-44-30-16-9-12-22-43-30/h7-8,14-15,17-18,24,30H,9-13,16,19-23H2,1-6H3. The van der Waals surface area contributed by atoms with Gasteiger partial charge < -0.3 is 28.7 Å². The highest BCUT2D eigenvalue weighted by Crippen LogP contribution is 2.42. The Morgan fingerprint density at radius 3 is 2.20 bits per heavy atom. The molecule has 3 amide bonds. The highest BCUT2D eigenvalue weighted by Gasteiger charge is 2.33. The smallest absolute Gasteiger partial charge is 0.419 e. The molecular formula is C35H48ClN3O7. The number of unbranched alkanes of at least 4 members (excludes halogenated alkanes) is 1. The minimum atomic E-state index is -0.774. The van der Waals surface area contributed by atoms with E-state index in [9.17, 15) is 14.4 Å². The van der Waals surface area contributed by atoms with Crippen LogP contribution in [0.4, 0.5) is 26.7 Å². The minimum absolute atomic E-state index is 0.100. The van der Waals surface area contributed by atoms with Gasteiger partial charge in [-0.3, -0.25) is 4.79 Å². The van der Waals surface area contributed by atoms with E-state index in [4.69, 9.17) is 30.5 Å². The molecule has 0 saturated carbocycles. The van der Waals surface area contributed by atoms with E-state index >= 15 is 0 Å². The van der Waals surface area contributed by atoms with Crippen molar-refractivity contribution in [1.29, 1.82) is 0 Å². The van der Waals surface area contributed by atoms with E-state index in [0.717, 1.165) is 47.8 Å². The normalized spacial score (nSPS) is 16.8. The van der Waals surface area contributed by atoms with Crippen LogP contribution in [0.3, 0.4) is 0 Å². The highest BCUT2D eigenvalue weighted by atomic mass is 35.5. The van der Waals surface area contributed by atoms with Gasteiger partial charge in [-0.05, 0) is 110 Å². The van der Waals surface area contributed by atoms with Crippen molar-refractivity contribution in [2.24, 2.45) is 0 Å². The number of carbonyl (C=O) groups excluding carboxylic acids is 3. The van der Waals surface area contributed by atoms with Crippen LogP contribution in [-0.2, 0) is 18.9 Å². The molecule has 1 saturated heterocycles. The molecule has 2 aromatic carbocycles. The van der Waals surface area contributed by atoms with E-state index in [1.165, 1.54) is 0 Å². The molecule has 1 fully saturated rings. The van der Waals surface area contributed by atoms with Crippen LogP contribution in [0.25, 0.3) is 0 Å². The van der Waals surface area contributed by atoms with Gasteiger partial charge in [-0.1, -0.05) is 23.7 Å². The molecule has 0 spiro atoms. The van der Waals surface area contributed by atoms with E-state index in [2.05, 4.69) is 4.90 Å². The summed E-state index contributed by atoms with van der Waals surface area (Å²) in [6.45, 7) is 12.8. The fourth-order valence-corrected chi connectivity index (χ4v) is 5.56. The third kappa shape index (κ3) is 9.83. The van der Waals surface area contributed by atoms with Crippen molar-refractivity contribution in [3.63, 3.8) is 0 Å². The molecule has 2 heterocycles. The molecule has 2 aliphatic heterocycles. The Hall–Kier alpha value is -3.34. The second-order valence-corrected chi connectivity index (χ2v) is 14.0. The number of nitrogens with zero attached hydrogens (tertiary/aromatic N) is 3. The molecule has 11 heteroatoms. The molecule has 46 heavy (non-hydrogen) atoms. The van der Waals surface area contributed by atoms with Crippen LogP contribution in [-0.4, -0.2) is 73.3 Å². The topological polar surface area (TPSA) is 97.9 Å².